The second-order valence-corrected chi connectivity index (χ2v) is 4.91. The van der Waals surface area contributed by atoms with Crippen LogP contribution in [-0.4, -0.2) is 22.0 Å². The Labute approximate surface area is 103 Å². The van der Waals surface area contributed by atoms with E-state index >= 15 is 0 Å². The number of para-hydroxylation sites is 3. The highest BCUT2D eigenvalue weighted by Crippen LogP contribution is 2.25. The van der Waals surface area contributed by atoms with Crippen molar-refractivity contribution in [3.63, 3.8) is 0 Å². The summed E-state index contributed by atoms with van der Waals surface area (Å²) in [6.07, 6.45) is 0. The van der Waals surface area contributed by atoms with Crippen LogP contribution in [0.5, 0.6) is 17.2 Å². The number of methoxy groups -OCH3 is 1. The molecule has 0 radical (unpaired) electrons. The van der Waals surface area contributed by atoms with Gasteiger partial charge in [0.2, 0.25) is 0 Å². The molecule has 88 valence electrons. The van der Waals surface area contributed by atoms with Gasteiger partial charge in [-0.25, -0.2) is 0 Å². The van der Waals surface area contributed by atoms with E-state index in [1.807, 2.05) is 36.4 Å². The fraction of sp³-hybridized carbons (Fsp3) is 0.0769. The Morgan fingerprint density at radius 3 is 2.29 bits per heavy atom. The molecule has 0 saturated heterocycles. The summed E-state index contributed by atoms with van der Waals surface area (Å²) in [5.74, 6) is 1.74. The van der Waals surface area contributed by atoms with Gasteiger partial charge in [-0.3, -0.25) is 0 Å². The Hall–Kier alpha value is -1.94. The lowest BCUT2D eigenvalue weighted by Crippen LogP contribution is -2.20. The topological polar surface area (TPSA) is 38.7 Å². The van der Waals surface area contributed by atoms with Crippen LogP contribution in [0, 0.1) is 0 Å². The van der Waals surface area contributed by atoms with Crippen molar-refractivity contribution in [2.75, 3.05) is 7.11 Å². The number of hydrogen-bond acceptors (Lipinski definition) is 3. The Kier molecular flexibility index (Phi) is 3.67. The minimum absolute atomic E-state index is 0.300. The zero-order valence-corrected chi connectivity index (χ0v) is 11.0. The quantitative estimate of drug-likeness (QED) is 0.824. The van der Waals surface area contributed by atoms with Crippen molar-refractivity contribution in [2.45, 2.75) is 0 Å². The van der Waals surface area contributed by atoms with Gasteiger partial charge in [-0.2, -0.15) is 0 Å². The summed E-state index contributed by atoms with van der Waals surface area (Å²) in [4.78, 5) is 0. The lowest BCUT2D eigenvalue weighted by atomic mass is 10.3. The molecule has 0 unspecified atom stereocenters. The van der Waals surface area contributed by atoms with Crippen LogP contribution in [0.2, 0.25) is 0 Å². The molecule has 17 heavy (non-hydrogen) atoms. The summed E-state index contributed by atoms with van der Waals surface area (Å²) in [6, 6.07) is 14.8. The lowest BCUT2D eigenvalue weighted by Gasteiger charge is -2.11. The van der Waals surface area contributed by atoms with Gasteiger partial charge in [0.15, 0.2) is 5.75 Å². The van der Waals surface area contributed by atoms with Crippen LogP contribution in [0.3, 0.4) is 0 Å². The molecular weight excluding hydrogens is 232 g/mol. The summed E-state index contributed by atoms with van der Waals surface area (Å²) < 4.78 is 10.9. The van der Waals surface area contributed by atoms with E-state index in [1.54, 1.807) is 19.2 Å². The van der Waals surface area contributed by atoms with Crippen LogP contribution in [0.4, 0.5) is 0 Å². The highest BCUT2D eigenvalue weighted by molar-refractivity contribution is 6.49. The molecule has 0 saturated carbocycles. The van der Waals surface area contributed by atoms with E-state index in [-0.39, 0.29) is 0 Å². The second-order valence-electron chi connectivity index (χ2n) is 3.57. The van der Waals surface area contributed by atoms with Gasteiger partial charge < -0.3 is 14.3 Å². The molecule has 0 aliphatic heterocycles. The van der Waals surface area contributed by atoms with Crippen molar-refractivity contribution in [1.29, 1.82) is 0 Å². The van der Waals surface area contributed by atoms with Gasteiger partial charge in [-0.1, -0.05) is 30.3 Å². The molecule has 0 amide bonds. The van der Waals surface area contributed by atoms with E-state index < -0.39 is 9.76 Å². The van der Waals surface area contributed by atoms with Gasteiger partial charge in [0, 0.05) is 5.19 Å². The summed E-state index contributed by atoms with van der Waals surface area (Å²) in [6.45, 7) is 0. The second kappa shape index (κ2) is 5.40. The van der Waals surface area contributed by atoms with E-state index in [2.05, 4.69) is 0 Å². The third kappa shape index (κ3) is 2.79. The molecule has 0 bridgehead atoms. The molecule has 4 heteroatoms. The number of phenols is 1. The van der Waals surface area contributed by atoms with Gasteiger partial charge in [0.1, 0.15) is 11.5 Å². The molecule has 0 aliphatic rings. The Morgan fingerprint density at radius 1 is 0.941 bits per heavy atom. The monoisotopic (exact) mass is 246 g/mol. The summed E-state index contributed by atoms with van der Waals surface area (Å²) >= 11 is 0. The maximum atomic E-state index is 9.64. The Bertz CT molecular complexity index is 500. The minimum atomic E-state index is -0.999. The number of ether oxygens (including phenoxy) is 1. The standard InChI is InChI=1S/C13H14O3Si/c1-15-11-7-3-4-8-12(11)16-17-13-9-5-2-6-10(13)14/h2-9,14H,17H2,1H3. The van der Waals surface area contributed by atoms with Crippen molar-refractivity contribution < 1.29 is 14.3 Å². The van der Waals surface area contributed by atoms with Gasteiger partial charge in [0.05, 0.1) is 7.11 Å². The van der Waals surface area contributed by atoms with Crippen molar-refractivity contribution in [3.05, 3.63) is 48.5 Å². The molecule has 2 rings (SSSR count). The van der Waals surface area contributed by atoms with Crippen LogP contribution in [0.15, 0.2) is 48.5 Å². The SMILES string of the molecule is COc1ccccc1O[SiH2]c1ccccc1O. The molecule has 0 aliphatic carbocycles. The molecule has 0 atom stereocenters. The van der Waals surface area contributed by atoms with E-state index in [9.17, 15) is 5.11 Å². The number of benzene rings is 2. The number of rotatable bonds is 4. The summed E-state index contributed by atoms with van der Waals surface area (Å²) in [7, 11) is 0.615. The fourth-order valence-corrected chi connectivity index (χ4v) is 2.57. The van der Waals surface area contributed by atoms with Crippen molar-refractivity contribution in [1.82, 2.24) is 0 Å². The zero-order chi connectivity index (χ0) is 12.1. The van der Waals surface area contributed by atoms with E-state index in [0.717, 1.165) is 16.7 Å². The first-order chi connectivity index (χ1) is 8.31. The molecular formula is C13H14O3Si. The van der Waals surface area contributed by atoms with Crippen molar-refractivity contribution in [3.8, 4) is 17.2 Å². The molecule has 2 aromatic carbocycles. The zero-order valence-electron chi connectivity index (χ0n) is 9.59. The first-order valence-corrected chi connectivity index (χ1v) is 6.62. The third-order valence-electron chi connectivity index (χ3n) is 2.44. The normalized spacial score (nSPS) is 10.6. The maximum Gasteiger partial charge on any atom is 0.255 e. The van der Waals surface area contributed by atoms with Crippen molar-refractivity contribution >= 4 is 14.9 Å². The van der Waals surface area contributed by atoms with E-state index in [1.165, 1.54) is 0 Å². The van der Waals surface area contributed by atoms with Crippen molar-refractivity contribution in [2.24, 2.45) is 0 Å². The highest BCUT2D eigenvalue weighted by Gasteiger charge is 2.05. The van der Waals surface area contributed by atoms with Crippen LogP contribution >= 0.6 is 0 Å². The first-order valence-electron chi connectivity index (χ1n) is 5.34. The number of phenolic OH excluding ortho intramolecular Hbond substituents is 1. The first kappa shape index (κ1) is 11.5. The van der Waals surface area contributed by atoms with Crippen LogP contribution in [0.1, 0.15) is 0 Å². The molecule has 3 nitrogen and oxygen atoms in total. The highest BCUT2D eigenvalue weighted by atomic mass is 28.2. The van der Waals surface area contributed by atoms with Gasteiger partial charge in [-0.15, -0.1) is 0 Å². The number of aromatic hydroxyl groups is 1. The lowest BCUT2D eigenvalue weighted by molar-refractivity contribution is 0.396. The number of hydrogen-bond donors (Lipinski definition) is 1. The maximum absolute atomic E-state index is 9.64. The molecule has 0 fully saturated rings. The molecule has 1 N–H and O–H groups in total. The summed E-state index contributed by atoms with van der Waals surface area (Å²) in [5.41, 5.74) is 0. The average molecular weight is 246 g/mol. The molecule has 0 aromatic heterocycles. The van der Waals surface area contributed by atoms with E-state index in [4.69, 9.17) is 9.16 Å². The minimum Gasteiger partial charge on any atom is -0.542 e. The van der Waals surface area contributed by atoms with E-state index in [0.29, 0.717) is 5.75 Å². The average Bonchev–Trinajstić information content (AvgIpc) is 2.38. The van der Waals surface area contributed by atoms with Crippen LogP contribution in [0.25, 0.3) is 0 Å². The third-order valence-corrected chi connectivity index (χ3v) is 3.81. The summed E-state index contributed by atoms with van der Waals surface area (Å²) in [5, 5.41) is 10.5. The van der Waals surface area contributed by atoms with Gasteiger partial charge in [-0.05, 0) is 18.2 Å². The Morgan fingerprint density at radius 2 is 1.59 bits per heavy atom. The van der Waals surface area contributed by atoms with Gasteiger partial charge >= 0.3 is 0 Å². The largest absolute Gasteiger partial charge is 0.542 e. The van der Waals surface area contributed by atoms with Gasteiger partial charge in [0.25, 0.3) is 9.76 Å². The van der Waals surface area contributed by atoms with Crippen LogP contribution < -0.4 is 14.3 Å². The Balaban J connectivity index is 2.10. The molecule has 0 heterocycles. The predicted octanol–water partition coefficient (Wildman–Crippen LogP) is 1.19. The smallest absolute Gasteiger partial charge is 0.255 e. The molecule has 0 spiro atoms. The predicted molar refractivity (Wildman–Crippen MR) is 69.9 cm³/mol. The van der Waals surface area contributed by atoms with Crippen LogP contribution in [-0.2, 0) is 0 Å². The molecule has 2 aromatic rings. The fourth-order valence-electron chi connectivity index (χ4n) is 1.53.